The summed E-state index contributed by atoms with van der Waals surface area (Å²) in [7, 11) is 1.86. The highest BCUT2D eigenvalue weighted by Gasteiger charge is 2.20. The number of carbonyl (C=O) groups is 1. The number of hydrogen-bond acceptors (Lipinski definition) is 8. The molecule has 1 atom stereocenters. The number of aromatic nitrogens is 3. The van der Waals surface area contributed by atoms with Crippen LogP contribution in [0.3, 0.4) is 0 Å². The molecule has 1 aromatic carbocycles. The van der Waals surface area contributed by atoms with Gasteiger partial charge in [-0.3, -0.25) is 19.3 Å². The van der Waals surface area contributed by atoms with Crippen LogP contribution in [0.25, 0.3) is 11.1 Å². The maximum absolute atomic E-state index is 12.9. The predicted molar refractivity (Wildman–Crippen MR) is 112 cm³/mol. The summed E-state index contributed by atoms with van der Waals surface area (Å²) >= 11 is 1.12. The zero-order chi connectivity index (χ0) is 21.1. The molecule has 2 heterocycles. The van der Waals surface area contributed by atoms with Gasteiger partial charge in [0.15, 0.2) is 0 Å². The van der Waals surface area contributed by atoms with Gasteiger partial charge in [-0.2, -0.15) is 0 Å². The van der Waals surface area contributed by atoms with E-state index in [1.54, 1.807) is 12.3 Å². The Morgan fingerprint density at radius 3 is 2.48 bits per heavy atom. The number of nitrogens with one attached hydrogen (secondary N) is 1. The lowest BCUT2D eigenvalue weighted by atomic mass is 9.97. The van der Waals surface area contributed by atoms with Crippen LogP contribution in [0.1, 0.15) is 21.6 Å². The van der Waals surface area contributed by atoms with Gasteiger partial charge in [0, 0.05) is 34.2 Å². The lowest BCUT2D eigenvalue weighted by Gasteiger charge is -2.15. The van der Waals surface area contributed by atoms with E-state index in [1.807, 2.05) is 26.0 Å². The second-order valence-electron chi connectivity index (χ2n) is 6.17. The molecule has 152 valence electrons. The monoisotopic (exact) mass is 432 g/mol. The van der Waals surface area contributed by atoms with Gasteiger partial charge in [0.25, 0.3) is 11.1 Å². The minimum atomic E-state index is -1.16. The molecule has 1 N–H and O–H groups in total. The molecule has 0 aliphatic rings. The van der Waals surface area contributed by atoms with Crippen LogP contribution in [0.2, 0.25) is 0 Å². The zero-order valence-electron chi connectivity index (χ0n) is 16.6. The highest BCUT2D eigenvalue weighted by Crippen LogP contribution is 2.36. The number of methoxy groups -OCH3 is 2. The summed E-state index contributed by atoms with van der Waals surface area (Å²) in [5.74, 6) is 0.146. The maximum atomic E-state index is 12.9. The number of pyridine rings is 1. The molecule has 0 aliphatic heterocycles. The third kappa shape index (κ3) is 4.43. The molecule has 0 fully saturated rings. The first kappa shape index (κ1) is 20.9. The van der Waals surface area contributed by atoms with Crippen LogP contribution in [0.4, 0.5) is 5.13 Å². The van der Waals surface area contributed by atoms with Crippen molar-refractivity contribution in [3.8, 4) is 22.1 Å². The molecule has 2 aromatic heterocycles. The Morgan fingerprint density at radius 1 is 1.10 bits per heavy atom. The third-order valence-corrected chi connectivity index (χ3v) is 6.04. The number of amides is 1. The van der Waals surface area contributed by atoms with E-state index in [2.05, 4.69) is 20.5 Å². The molecule has 29 heavy (non-hydrogen) atoms. The Labute approximate surface area is 174 Å². The fourth-order valence-electron chi connectivity index (χ4n) is 2.83. The molecule has 0 aliphatic carbocycles. The van der Waals surface area contributed by atoms with Crippen LogP contribution in [0, 0.1) is 13.8 Å². The Hall–Kier alpha value is -2.85. The largest absolute Gasteiger partial charge is 0.496 e. The molecular formula is C19H20N4O4S2. The molecule has 0 bridgehead atoms. The summed E-state index contributed by atoms with van der Waals surface area (Å²) in [6, 6.07) is 5.43. The maximum Gasteiger partial charge on any atom is 0.295 e. The van der Waals surface area contributed by atoms with Crippen molar-refractivity contribution in [2.45, 2.75) is 18.7 Å². The fraction of sp³-hybridized carbons (Fsp3) is 0.263. The van der Waals surface area contributed by atoms with Crippen LogP contribution < -0.4 is 14.8 Å². The van der Waals surface area contributed by atoms with E-state index in [-0.39, 0.29) is 5.91 Å². The second kappa shape index (κ2) is 8.66. The number of carbonyl (C=O) groups excluding carboxylic acids is 1. The summed E-state index contributed by atoms with van der Waals surface area (Å²) in [6.45, 7) is 3.72. The summed E-state index contributed by atoms with van der Waals surface area (Å²) in [4.78, 5) is 17.9. The number of aryl methyl sites for hydroxylation is 2. The number of ether oxygens (including phenoxy) is 2. The van der Waals surface area contributed by atoms with E-state index in [1.165, 1.54) is 20.4 Å². The summed E-state index contributed by atoms with van der Waals surface area (Å²) in [5.41, 5.74) is 3.31. The standard InChI is InChI=1S/C19H20N4O4S2/c1-10-6-13(15(26-3)8-16(10)29(5)25)12-7-11(2)20-9-14(12)17(24)21-18-22-23-19(27-4)28-18/h6-9H,1-5H3,(H,21,22,24)/t29-/m1/s1. The van der Waals surface area contributed by atoms with Gasteiger partial charge in [0.05, 0.1) is 30.6 Å². The quantitative estimate of drug-likeness (QED) is 0.638. The van der Waals surface area contributed by atoms with Crippen molar-refractivity contribution in [3.63, 3.8) is 0 Å². The Kier molecular flexibility index (Phi) is 6.23. The minimum absolute atomic E-state index is 0.318. The molecule has 0 saturated carbocycles. The van der Waals surface area contributed by atoms with Crippen LogP contribution in [-0.2, 0) is 10.8 Å². The van der Waals surface area contributed by atoms with Crippen molar-refractivity contribution < 1.29 is 18.5 Å². The summed E-state index contributed by atoms with van der Waals surface area (Å²) < 4.78 is 22.5. The highest BCUT2D eigenvalue weighted by molar-refractivity contribution is 7.84. The second-order valence-corrected chi connectivity index (χ2v) is 8.46. The first-order valence-electron chi connectivity index (χ1n) is 8.52. The van der Waals surface area contributed by atoms with E-state index >= 15 is 0 Å². The Morgan fingerprint density at radius 2 is 1.86 bits per heavy atom. The fourth-order valence-corrected chi connectivity index (χ4v) is 4.17. The van der Waals surface area contributed by atoms with Crippen molar-refractivity contribution in [1.82, 2.24) is 15.2 Å². The molecule has 10 heteroatoms. The van der Waals surface area contributed by atoms with Gasteiger partial charge in [-0.25, -0.2) is 0 Å². The van der Waals surface area contributed by atoms with Gasteiger partial charge in [-0.15, -0.1) is 5.10 Å². The van der Waals surface area contributed by atoms with Gasteiger partial charge in [-0.1, -0.05) is 5.10 Å². The molecule has 1 amide bonds. The molecule has 3 rings (SSSR count). The van der Waals surface area contributed by atoms with Crippen molar-refractivity contribution >= 4 is 33.2 Å². The average molecular weight is 433 g/mol. The molecule has 0 spiro atoms. The number of benzene rings is 1. The lowest BCUT2D eigenvalue weighted by Crippen LogP contribution is -2.14. The van der Waals surface area contributed by atoms with Crippen molar-refractivity contribution in [3.05, 3.63) is 41.2 Å². The van der Waals surface area contributed by atoms with E-state index in [4.69, 9.17) is 9.47 Å². The number of rotatable bonds is 6. The summed E-state index contributed by atoms with van der Waals surface area (Å²) in [5, 5.41) is 11.1. The molecule has 0 saturated heterocycles. The van der Waals surface area contributed by atoms with Crippen LogP contribution in [0.15, 0.2) is 29.3 Å². The van der Waals surface area contributed by atoms with E-state index in [0.29, 0.717) is 37.7 Å². The molecule has 0 unspecified atom stereocenters. The normalized spacial score (nSPS) is 11.8. The van der Waals surface area contributed by atoms with Gasteiger partial charge in [0.1, 0.15) is 5.75 Å². The topological polar surface area (TPSA) is 103 Å². The SMILES string of the molecule is COc1nnc(NC(=O)c2cnc(C)cc2-c2cc(C)c([S@@](C)=O)cc2OC)s1. The van der Waals surface area contributed by atoms with Gasteiger partial charge >= 0.3 is 0 Å². The Balaban J connectivity index is 2.08. The van der Waals surface area contributed by atoms with E-state index < -0.39 is 10.8 Å². The Bertz CT molecular complexity index is 1100. The van der Waals surface area contributed by atoms with E-state index in [9.17, 15) is 9.00 Å². The molecular weight excluding hydrogens is 412 g/mol. The zero-order valence-corrected chi connectivity index (χ0v) is 18.2. The lowest BCUT2D eigenvalue weighted by molar-refractivity contribution is 0.102. The van der Waals surface area contributed by atoms with Gasteiger partial charge < -0.3 is 9.47 Å². The number of nitrogens with zero attached hydrogens (tertiary/aromatic N) is 3. The van der Waals surface area contributed by atoms with Gasteiger partial charge in [0.2, 0.25) is 5.13 Å². The summed E-state index contributed by atoms with van der Waals surface area (Å²) in [6.07, 6.45) is 3.13. The van der Waals surface area contributed by atoms with Crippen molar-refractivity contribution in [2.75, 3.05) is 25.8 Å². The first-order chi connectivity index (χ1) is 13.8. The van der Waals surface area contributed by atoms with Crippen molar-refractivity contribution in [2.24, 2.45) is 0 Å². The van der Waals surface area contributed by atoms with Crippen LogP contribution >= 0.6 is 11.3 Å². The van der Waals surface area contributed by atoms with E-state index in [0.717, 1.165) is 22.6 Å². The first-order valence-corrected chi connectivity index (χ1v) is 10.9. The average Bonchev–Trinajstić information content (AvgIpc) is 3.14. The number of hydrogen-bond donors (Lipinski definition) is 1. The predicted octanol–water partition coefficient (Wildman–Crippen LogP) is 3.22. The van der Waals surface area contributed by atoms with Crippen molar-refractivity contribution in [1.29, 1.82) is 0 Å². The smallest absolute Gasteiger partial charge is 0.295 e. The minimum Gasteiger partial charge on any atom is -0.496 e. The number of anilines is 1. The van der Waals surface area contributed by atoms with Crippen LogP contribution in [0.5, 0.6) is 10.9 Å². The highest BCUT2D eigenvalue weighted by atomic mass is 32.2. The molecule has 3 aromatic rings. The molecule has 8 nitrogen and oxygen atoms in total. The molecule has 0 radical (unpaired) electrons. The third-order valence-electron chi connectivity index (χ3n) is 4.18. The van der Waals surface area contributed by atoms with Crippen LogP contribution in [-0.4, -0.2) is 45.8 Å². The van der Waals surface area contributed by atoms with Gasteiger partial charge in [-0.05, 0) is 48.9 Å².